The topological polar surface area (TPSA) is 51.5 Å². The molecule has 0 aliphatic carbocycles. The molecule has 0 aliphatic heterocycles. The first-order valence-electron chi connectivity index (χ1n) is 6.47. The van der Waals surface area contributed by atoms with Crippen molar-refractivity contribution in [1.29, 1.82) is 0 Å². The van der Waals surface area contributed by atoms with Crippen LogP contribution in [0.4, 0.5) is 0 Å². The number of furan rings is 1. The first-order valence-corrected chi connectivity index (χ1v) is 7.48. The minimum absolute atomic E-state index is 0.251. The van der Waals surface area contributed by atoms with Gasteiger partial charge in [0.25, 0.3) is 5.91 Å². The van der Waals surface area contributed by atoms with E-state index in [1.165, 1.54) is 0 Å². The molecular formula is C15H16ClNO3S. The molecule has 1 aromatic heterocycles. The Labute approximate surface area is 133 Å². The average molecular weight is 326 g/mol. The van der Waals surface area contributed by atoms with E-state index in [1.807, 2.05) is 13.0 Å². The highest BCUT2D eigenvalue weighted by Gasteiger charge is 2.10. The number of amides is 1. The summed E-state index contributed by atoms with van der Waals surface area (Å²) in [5.41, 5.74) is 0.945. The van der Waals surface area contributed by atoms with Gasteiger partial charge in [0.05, 0.1) is 0 Å². The zero-order valence-electron chi connectivity index (χ0n) is 11.6. The van der Waals surface area contributed by atoms with Crippen LogP contribution in [-0.4, -0.2) is 18.2 Å². The second-order valence-corrected chi connectivity index (χ2v) is 5.30. The van der Waals surface area contributed by atoms with E-state index in [0.29, 0.717) is 28.8 Å². The van der Waals surface area contributed by atoms with Crippen LogP contribution in [0.1, 0.15) is 21.9 Å². The highest BCUT2D eigenvalue weighted by molar-refractivity contribution is 7.80. The van der Waals surface area contributed by atoms with Gasteiger partial charge in [-0.1, -0.05) is 11.6 Å². The Bertz CT molecular complexity index is 627. The molecule has 0 unspecified atom stereocenters. The van der Waals surface area contributed by atoms with Crippen LogP contribution in [0.5, 0.6) is 5.75 Å². The fourth-order valence-corrected chi connectivity index (χ4v) is 1.92. The van der Waals surface area contributed by atoms with Gasteiger partial charge >= 0.3 is 0 Å². The number of thiol groups is 1. The van der Waals surface area contributed by atoms with Gasteiger partial charge in [-0.05, 0) is 42.8 Å². The Morgan fingerprint density at radius 2 is 2.19 bits per heavy atom. The number of nitrogens with one attached hydrogen (secondary N) is 1. The molecular weight excluding hydrogens is 310 g/mol. The summed E-state index contributed by atoms with van der Waals surface area (Å²) in [7, 11) is 0. The summed E-state index contributed by atoms with van der Waals surface area (Å²) in [5.74, 6) is 1.88. The molecule has 4 nitrogen and oxygen atoms in total. The molecule has 2 rings (SSSR count). The third-order valence-electron chi connectivity index (χ3n) is 2.79. The number of rotatable bonds is 6. The normalized spacial score (nSPS) is 10.4. The number of aryl methyl sites for hydroxylation is 1. The van der Waals surface area contributed by atoms with Crippen LogP contribution >= 0.6 is 24.2 Å². The Morgan fingerprint density at radius 1 is 1.38 bits per heavy atom. The van der Waals surface area contributed by atoms with Crippen molar-refractivity contribution in [3.63, 3.8) is 0 Å². The van der Waals surface area contributed by atoms with Crippen LogP contribution in [0.15, 0.2) is 34.7 Å². The zero-order chi connectivity index (χ0) is 15.2. The maximum absolute atomic E-state index is 11.7. The van der Waals surface area contributed by atoms with Crippen molar-refractivity contribution >= 4 is 30.1 Å². The lowest BCUT2D eigenvalue weighted by molar-refractivity contribution is 0.0924. The first-order chi connectivity index (χ1) is 10.1. The van der Waals surface area contributed by atoms with Crippen molar-refractivity contribution < 1.29 is 13.9 Å². The molecule has 1 amide bonds. The fraction of sp³-hybridized carbons (Fsp3) is 0.267. The third-order valence-corrected chi connectivity index (χ3v) is 3.44. The van der Waals surface area contributed by atoms with Gasteiger partial charge in [-0.2, -0.15) is 12.6 Å². The van der Waals surface area contributed by atoms with E-state index in [2.05, 4.69) is 17.9 Å². The van der Waals surface area contributed by atoms with E-state index in [4.69, 9.17) is 20.8 Å². The van der Waals surface area contributed by atoms with Gasteiger partial charge in [0.2, 0.25) is 0 Å². The van der Waals surface area contributed by atoms with Gasteiger partial charge in [0, 0.05) is 17.3 Å². The van der Waals surface area contributed by atoms with Crippen LogP contribution in [0, 0.1) is 6.92 Å². The van der Waals surface area contributed by atoms with Crippen LogP contribution in [0.3, 0.4) is 0 Å². The van der Waals surface area contributed by atoms with Crippen molar-refractivity contribution in [2.24, 2.45) is 0 Å². The second-order valence-electron chi connectivity index (χ2n) is 4.45. The van der Waals surface area contributed by atoms with Crippen LogP contribution < -0.4 is 10.1 Å². The summed E-state index contributed by atoms with van der Waals surface area (Å²) >= 11 is 9.98. The lowest BCUT2D eigenvalue weighted by atomic mass is 10.2. The van der Waals surface area contributed by atoms with Crippen LogP contribution in [0.2, 0.25) is 5.02 Å². The zero-order valence-corrected chi connectivity index (χ0v) is 13.2. The average Bonchev–Trinajstić information content (AvgIpc) is 2.95. The maximum Gasteiger partial charge on any atom is 0.287 e. The molecule has 0 aliphatic rings. The van der Waals surface area contributed by atoms with Crippen molar-refractivity contribution in [2.75, 3.05) is 12.3 Å². The predicted molar refractivity (Wildman–Crippen MR) is 85.4 cm³/mol. The number of halogens is 1. The molecule has 21 heavy (non-hydrogen) atoms. The minimum Gasteiger partial charge on any atom is -0.486 e. The quantitative estimate of drug-likeness (QED) is 0.799. The monoisotopic (exact) mass is 325 g/mol. The number of ether oxygens (including phenoxy) is 1. The molecule has 6 heteroatoms. The Morgan fingerprint density at radius 3 is 2.90 bits per heavy atom. The molecule has 0 saturated carbocycles. The summed E-state index contributed by atoms with van der Waals surface area (Å²) in [6, 6.07) is 8.77. The first kappa shape index (κ1) is 15.8. The predicted octanol–water partition coefficient (Wildman–Crippen LogP) is 3.48. The van der Waals surface area contributed by atoms with Gasteiger partial charge < -0.3 is 14.5 Å². The molecule has 1 aromatic carbocycles. The van der Waals surface area contributed by atoms with Crippen LogP contribution in [-0.2, 0) is 6.61 Å². The van der Waals surface area contributed by atoms with Crippen LogP contribution in [0.25, 0.3) is 0 Å². The van der Waals surface area contributed by atoms with E-state index >= 15 is 0 Å². The highest BCUT2D eigenvalue weighted by atomic mass is 35.5. The van der Waals surface area contributed by atoms with E-state index < -0.39 is 0 Å². The number of benzene rings is 1. The summed E-state index contributed by atoms with van der Waals surface area (Å²) < 4.78 is 11.0. The van der Waals surface area contributed by atoms with Gasteiger partial charge in [0.15, 0.2) is 5.76 Å². The molecule has 1 N–H and O–H groups in total. The van der Waals surface area contributed by atoms with E-state index in [-0.39, 0.29) is 18.3 Å². The molecule has 0 spiro atoms. The molecule has 1 heterocycles. The largest absolute Gasteiger partial charge is 0.486 e. The Kier molecular flexibility index (Phi) is 5.59. The SMILES string of the molecule is Cc1cc(OCc2ccc(C(=O)NCCS)o2)ccc1Cl. The van der Waals surface area contributed by atoms with Crippen molar-refractivity contribution in [3.8, 4) is 5.75 Å². The summed E-state index contributed by atoms with van der Waals surface area (Å²) in [6.45, 7) is 2.66. The lowest BCUT2D eigenvalue weighted by Crippen LogP contribution is -2.24. The highest BCUT2D eigenvalue weighted by Crippen LogP contribution is 2.22. The maximum atomic E-state index is 11.7. The summed E-state index contributed by atoms with van der Waals surface area (Å²) in [6.07, 6.45) is 0. The molecule has 0 fully saturated rings. The number of carbonyl (C=O) groups is 1. The Hall–Kier alpha value is -1.59. The number of hydrogen-bond donors (Lipinski definition) is 2. The molecule has 0 bridgehead atoms. The molecule has 0 saturated heterocycles. The number of hydrogen-bond acceptors (Lipinski definition) is 4. The second kappa shape index (κ2) is 7.43. The fourth-order valence-electron chi connectivity index (χ4n) is 1.70. The Balaban J connectivity index is 1.93. The molecule has 0 radical (unpaired) electrons. The standard InChI is InChI=1S/C15H16ClNO3S/c1-10-8-11(2-4-13(10)16)19-9-12-3-5-14(20-12)15(18)17-6-7-21/h2-5,8,21H,6-7,9H2,1H3,(H,17,18). The third kappa shape index (κ3) is 4.44. The molecule has 0 atom stereocenters. The van der Waals surface area contributed by atoms with Crippen molar-refractivity contribution in [2.45, 2.75) is 13.5 Å². The van der Waals surface area contributed by atoms with Gasteiger partial charge in [-0.25, -0.2) is 0 Å². The van der Waals surface area contributed by atoms with Crippen molar-refractivity contribution in [3.05, 3.63) is 52.4 Å². The minimum atomic E-state index is -0.252. The van der Waals surface area contributed by atoms with Crippen molar-refractivity contribution in [1.82, 2.24) is 5.32 Å². The number of carbonyl (C=O) groups excluding carboxylic acids is 1. The molecule has 112 valence electrons. The van der Waals surface area contributed by atoms with E-state index in [9.17, 15) is 4.79 Å². The van der Waals surface area contributed by atoms with Gasteiger partial charge in [0.1, 0.15) is 18.1 Å². The van der Waals surface area contributed by atoms with Gasteiger partial charge in [-0.3, -0.25) is 4.79 Å². The van der Waals surface area contributed by atoms with E-state index in [0.717, 1.165) is 5.56 Å². The lowest BCUT2D eigenvalue weighted by Gasteiger charge is -2.06. The van der Waals surface area contributed by atoms with E-state index in [1.54, 1.807) is 24.3 Å². The van der Waals surface area contributed by atoms with Gasteiger partial charge in [-0.15, -0.1) is 0 Å². The summed E-state index contributed by atoms with van der Waals surface area (Å²) in [4.78, 5) is 11.7. The summed E-state index contributed by atoms with van der Waals surface area (Å²) in [5, 5.41) is 3.38. The molecule has 2 aromatic rings. The smallest absolute Gasteiger partial charge is 0.287 e.